The summed E-state index contributed by atoms with van der Waals surface area (Å²) >= 11 is 0. The van der Waals surface area contributed by atoms with Crippen LogP contribution in [0.3, 0.4) is 0 Å². The van der Waals surface area contributed by atoms with Crippen LogP contribution in [0.25, 0.3) is 10.9 Å². The molecule has 0 radical (unpaired) electrons. The van der Waals surface area contributed by atoms with Crippen LogP contribution in [0.1, 0.15) is 49.8 Å². The van der Waals surface area contributed by atoms with Gasteiger partial charge in [-0.25, -0.2) is 0 Å². The maximum Gasteiger partial charge on any atom is 0.219 e. The van der Waals surface area contributed by atoms with Crippen LogP contribution in [0.4, 0.5) is 0 Å². The molecule has 4 heteroatoms. The number of hydrogen-bond acceptors (Lipinski definition) is 3. The van der Waals surface area contributed by atoms with Gasteiger partial charge >= 0.3 is 0 Å². The van der Waals surface area contributed by atoms with E-state index in [0.29, 0.717) is 18.1 Å². The summed E-state index contributed by atoms with van der Waals surface area (Å²) in [6.07, 6.45) is 6.32. The Kier molecular flexibility index (Phi) is 5.26. The number of carbonyl (C=O) groups is 1. The smallest absolute Gasteiger partial charge is 0.219 e. The molecule has 0 bridgehead atoms. The van der Waals surface area contributed by atoms with Crippen LogP contribution in [0.15, 0.2) is 66.9 Å². The molecule has 2 aliphatic heterocycles. The average Bonchev–Trinajstić information content (AvgIpc) is 2.97. The molecule has 0 spiro atoms. The Bertz CT molecular complexity index is 1030. The maximum atomic E-state index is 12.4. The summed E-state index contributed by atoms with van der Waals surface area (Å²) in [4.78, 5) is 21.7. The number of carbonyl (C=O) groups excluding carboxylic acids is 1. The quantitative estimate of drug-likeness (QED) is 0.625. The first-order valence-corrected chi connectivity index (χ1v) is 11.1. The average molecular weight is 400 g/mol. The molecule has 2 aliphatic rings. The monoisotopic (exact) mass is 399 g/mol. The van der Waals surface area contributed by atoms with Crippen LogP contribution >= 0.6 is 0 Å². The van der Waals surface area contributed by atoms with Gasteiger partial charge in [0.15, 0.2) is 0 Å². The molecule has 154 valence electrons. The van der Waals surface area contributed by atoms with Crippen molar-refractivity contribution in [3.8, 4) is 0 Å². The molecule has 2 fully saturated rings. The largest absolute Gasteiger partial charge is 0.338 e. The van der Waals surface area contributed by atoms with Gasteiger partial charge in [-0.3, -0.25) is 14.7 Å². The summed E-state index contributed by atoms with van der Waals surface area (Å²) < 4.78 is 0. The Morgan fingerprint density at radius 2 is 1.90 bits per heavy atom. The highest BCUT2D eigenvalue weighted by atomic mass is 16.2. The Labute approximate surface area is 178 Å². The van der Waals surface area contributed by atoms with Gasteiger partial charge in [0.1, 0.15) is 0 Å². The zero-order valence-corrected chi connectivity index (χ0v) is 17.6. The van der Waals surface area contributed by atoms with E-state index in [1.807, 2.05) is 12.3 Å². The van der Waals surface area contributed by atoms with Crippen LogP contribution < -0.4 is 0 Å². The number of likely N-dealkylation sites (tertiary alicyclic amines) is 2. The lowest BCUT2D eigenvalue weighted by atomic mass is 10.0. The highest BCUT2D eigenvalue weighted by Crippen LogP contribution is 2.43. The number of nitrogens with zero attached hydrogens (tertiary/aromatic N) is 3. The molecule has 2 aromatic carbocycles. The van der Waals surface area contributed by atoms with Gasteiger partial charge in [0.2, 0.25) is 5.91 Å². The molecule has 1 aromatic heterocycles. The molecule has 3 heterocycles. The summed E-state index contributed by atoms with van der Waals surface area (Å²) in [5.41, 5.74) is 3.71. The van der Waals surface area contributed by atoms with Crippen molar-refractivity contribution in [2.24, 2.45) is 0 Å². The van der Waals surface area contributed by atoms with E-state index >= 15 is 0 Å². The summed E-state index contributed by atoms with van der Waals surface area (Å²) in [6, 6.07) is 22.6. The van der Waals surface area contributed by atoms with Crippen molar-refractivity contribution in [1.29, 1.82) is 0 Å². The second kappa shape index (κ2) is 8.19. The topological polar surface area (TPSA) is 36.4 Å². The molecule has 3 aromatic rings. The fourth-order valence-corrected chi connectivity index (χ4v) is 5.52. The maximum absolute atomic E-state index is 12.4. The molecule has 1 amide bonds. The van der Waals surface area contributed by atoms with E-state index < -0.39 is 0 Å². The second-order valence-electron chi connectivity index (χ2n) is 8.71. The highest BCUT2D eigenvalue weighted by Gasteiger charge is 2.45. The van der Waals surface area contributed by atoms with Crippen LogP contribution in [-0.2, 0) is 11.3 Å². The lowest BCUT2D eigenvalue weighted by Gasteiger charge is -2.33. The zero-order valence-electron chi connectivity index (χ0n) is 17.6. The second-order valence-corrected chi connectivity index (χ2v) is 8.71. The van der Waals surface area contributed by atoms with E-state index in [4.69, 9.17) is 0 Å². The first-order chi connectivity index (χ1) is 14.7. The number of amides is 1. The van der Waals surface area contributed by atoms with E-state index in [1.165, 1.54) is 22.9 Å². The predicted molar refractivity (Wildman–Crippen MR) is 120 cm³/mol. The molecule has 3 atom stereocenters. The number of aromatic nitrogens is 1. The van der Waals surface area contributed by atoms with Crippen molar-refractivity contribution in [2.75, 3.05) is 6.54 Å². The molecule has 0 unspecified atom stereocenters. The molecular formula is C26H29N3O. The van der Waals surface area contributed by atoms with Gasteiger partial charge in [-0.1, -0.05) is 48.9 Å². The van der Waals surface area contributed by atoms with Crippen molar-refractivity contribution < 1.29 is 4.79 Å². The minimum Gasteiger partial charge on any atom is -0.338 e. The summed E-state index contributed by atoms with van der Waals surface area (Å²) in [7, 11) is 0. The van der Waals surface area contributed by atoms with Crippen molar-refractivity contribution >= 4 is 16.8 Å². The van der Waals surface area contributed by atoms with Gasteiger partial charge in [-0.2, -0.15) is 0 Å². The fourth-order valence-electron chi connectivity index (χ4n) is 5.52. The van der Waals surface area contributed by atoms with Crippen LogP contribution in [0, 0.1) is 0 Å². The Morgan fingerprint density at radius 3 is 2.73 bits per heavy atom. The van der Waals surface area contributed by atoms with Gasteiger partial charge in [0.25, 0.3) is 0 Å². The number of pyridine rings is 1. The molecule has 4 nitrogen and oxygen atoms in total. The lowest BCUT2D eigenvalue weighted by Crippen LogP contribution is -2.45. The summed E-state index contributed by atoms with van der Waals surface area (Å²) in [6.45, 7) is 3.53. The van der Waals surface area contributed by atoms with Gasteiger partial charge in [-0.15, -0.1) is 0 Å². The number of hydrogen-bond donors (Lipinski definition) is 0. The standard InChI is InChI=1S/C26H29N3O/c1-19(30)28-15-6-5-11-24-26(28)17-25(21-8-3-2-4-9-21)29(24)18-20-12-13-23-22(16-20)10-7-14-27-23/h2-4,7-10,12-14,16,24-26H,5-6,11,15,17-18H2,1H3/t24-,25-,26+/m0/s1. The summed E-state index contributed by atoms with van der Waals surface area (Å²) in [5, 5.41) is 1.19. The SMILES string of the molecule is CC(=O)N1CCCC[C@H]2[C@H]1C[C@@H](c1ccccc1)N2Cc1ccc2ncccc2c1. The summed E-state index contributed by atoms with van der Waals surface area (Å²) in [5.74, 6) is 0.220. The first kappa shape index (κ1) is 19.3. The van der Waals surface area contributed by atoms with Crippen LogP contribution in [0.5, 0.6) is 0 Å². The van der Waals surface area contributed by atoms with Crippen molar-refractivity contribution in [2.45, 2.75) is 57.3 Å². The fraction of sp³-hybridized carbons (Fsp3) is 0.385. The third kappa shape index (κ3) is 3.61. The zero-order chi connectivity index (χ0) is 20.5. The van der Waals surface area contributed by atoms with E-state index in [2.05, 4.69) is 69.4 Å². The van der Waals surface area contributed by atoms with Crippen molar-refractivity contribution in [3.63, 3.8) is 0 Å². The molecular weight excluding hydrogens is 370 g/mol. The van der Waals surface area contributed by atoms with E-state index in [9.17, 15) is 4.79 Å². The third-order valence-electron chi connectivity index (χ3n) is 6.91. The van der Waals surface area contributed by atoms with Crippen molar-refractivity contribution in [1.82, 2.24) is 14.8 Å². The molecule has 5 rings (SSSR count). The minimum atomic E-state index is 0.220. The minimum absolute atomic E-state index is 0.220. The molecule has 30 heavy (non-hydrogen) atoms. The van der Waals surface area contributed by atoms with Gasteiger partial charge < -0.3 is 4.90 Å². The number of rotatable bonds is 3. The highest BCUT2D eigenvalue weighted by molar-refractivity contribution is 5.78. The molecule has 0 aliphatic carbocycles. The first-order valence-electron chi connectivity index (χ1n) is 11.1. The van der Waals surface area contributed by atoms with E-state index in [-0.39, 0.29) is 5.91 Å². The predicted octanol–water partition coefficient (Wildman–Crippen LogP) is 4.95. The van der Waals surface area contributed by atoms with Crippen molar-refractivity contribution in [3.05, 3.63) is 78.0 Å². The molecule has 2 saturated heterocycles. The molecule has 0 N–H and O–H groups in total. The molecule has 0 saturated carbocycles. The lowest BCUT2D eigenvalue weighted by molar-refractivity contribution is -0.131. The van der Waals surface area contributed by atoms with Crippen LogP contribution in [-0.4, -0.2) is 39.3 Å². The number of fused-ring (bicyclic) bond motifs is 2. The normalized spacial score (nSPS) is 24.6. The van der Waals surface area contributed by atoms with E-state index in [1.54, 1.807) is 6.92 Å². The number of benzene rings is 2. The van der Waals surface area contributed by atoms with E-state index in [0.717, 1.165) is 37.9 Å². The Balaban J connectivity index is 1.51. The Hall–Kier alpha value is -2.72. The van der Waals surface area contributed by atoms with Gasteiger partial charge in [0.05, 0.1) is 5.52 Å². The Morgan fingerprint density at radius 1 is 1.03 bits per heavy atom. The third-order valence-corrected chi connectivity index (χ3v) is 6.91. The van der Waals surface area contributed by atoms with Gasteiger partial charge in [-0.05, 0) is 48.6 Å². The van der Waals surface area contributed by atoms with Crippen LogP contribution in [0.2, 0.25) is 0 Å². The van der Waals surface area contributed by atoms with Gasteiger partial charge in [0, 0.05) is 49.7 Å².